The first-order valence-electron chi connectivity index (χ1n) is 6.13. The van der Waals surface area contributed by atoms with Gasteiger partial charge in [-0.05, 0) is 45.8 Å². The summed E-state index contributed by atoms with van der Waals surface area (Å²) < 4.78 is 26.2. The van der Waals surface area contributed by atoms with Crippen LogP contribution >= 0.6 is 27.5 Å². The second-order valence-electron chi connectivity index (χ2n) is 4.31. The zero-order valence-electron chi connectivity index (χ0n) is 11.2. The highest BCUT2D eigenvalue weighted by atomic mass is 79.9. The molecule has 0 atom stereocenters. The van der Waals surface area contributed by atoms with E-state index in [0.29, 0.717) is 15.1 Å². The Morgan fingerprint density at radius 1 is 1.14 bits per heavy atom. The zero-order valence-corrected chi connectivity index (χ0v) is 14.3. The first kappa shape index (κ1) is 16.7. The number of halogens is 2. The fourth-order valence-corrected chi connectivity index (χ4v) is 3.26. The van der Waals surface area contributed by atoms with Gasteiger partial charge in [0.25, 0.3) is 15.9 Å². The summed E-state index contributed by atoms with van der Waals surface area (Å²) in [6, 6.07) is 13.4. The van der Waals surface area contributed by atoms with Crippen LogP contribution in [0.25, 0.3) is 6.08 Å². The van der Waals surface area contributed by atoms with Gasteiger partial charge < -0.3 is 0 Å². The van der Waals surface area contributed by atoms with E-state index in [4.69, 9.17) is 11.6 Å². The van der Waals surface area contributed by atoms with Crippen molar-refractivity contribution in [2.75, 3.05) is 0 Å². The normalized spacial score (nSPS) is 11.5. The van der Waals surface area contributed by atoms with Gasteiger partial charge in [-0.15, -0.1) is 0 Å². The molecule has 0 aliphatic carbocycles. The molecule has 2 aromatic rings. The van der Waals surface area contributed by atoms with Gasteiger partial charge in [-0.3, -0.25) is 4.79 Å². The number of benzene rings is 2. The van der Waals surface area contributed by atoms with Gasteiger partial charge in [0.15, 0.2) is 0 Å². The maximum Gasteiger partial charge on any atom is 0.266 e. The van der Waals surface area contributed by atoms with Crippen LogP contribution in [0.15, 0.2) is 58.4 Å². The van der Waals surface area contributed by atoms with Gasteiger partial charge in [-0.1, -0.05) is 41.9 Å². The molecule has 114 valence electrons. The Hall–Kier alpha value is -1.63. The standard InChI is InChI=1S/C15H11BrClNO3S/c16-14-10-12(17)6-7-13(14)15(19)18-22(20,21)9-8-11-4-2-1-3-5-11/h1-10H,(H,18,19). The molecule has 0 fully saturated rings. The number of carbonyl (C=O) groups is 1. The SMILES string of the molecule is O=C(NS(=O)(=O)C=Cc1ccccc1)c1ccc(Cl)cc1Br. The summed E-state index contributed by atoms with van der Waals surface area (Å²) in [7, 11) is -3.89. The van der Waals surface area contributed by atoms with Gasteiger partial charge in [0.05, 0.1) is 11.0 Å². The van der Waals surface area contributed by atoms with Crippen molar-refractivity contribution < 1.29 is 13.2 Å². The Labute approximate surface area is 142 Å². The third-order valence-corrected chi connectivity index (χ3v) is 4.51. The summed E-state index contributed by atoms with van der Waals surface area (Å²) in [5, 5.41) is 1.39. The minimum Gasteiger partial charge on any atom is -0.268 e. The molecule has 2 aromatic carbocycles. The van der Waals surface area contributed by atoms with Crippen LogP contribution in [0.4, 0.5) is 0 Å². The van der Waals surface area contributed by atoms with E-state index in [2.05, 4.69) is 15.9 Å². The van der Waals surface area contributed by atoms with Crippen molar-refractivity contribution in [3.05, 3.63) is 74.6 Å². The van der Waals surface area contributed by atoms with E-state index in [0.717, 1.165) is 5.41 Å². The summed E-state index contributed by atoms with van der Waals surface area (Å²) in [6.45, 7) is 0. The first-order valence-corrected chi connectivity index (χ1v) is 8.84. The lowest BCUT2D eigenvalue weighted by atomic mass is 10.2. The Morgan fingerprint density at radius 2 is 1.82 bits per heavy atom. The van der Waals surface area contributed by atoms with Crippen LogP contribution in [0, 0.1) is 0 Å². The Morgan fingerprint density at radius 3 is 2.45 bits per heavy atom. The van der Waals surface area contributed by atoms with Gasteiger partial charge in [-0.25, -0.2) is 13.1 Å². The van der Waals surface area contributed by atoms with Crippen molar-refractivity contribution in [1.82, 2.24) is 4.72 Å². The highest BCUT2D eigenvalue weighted by Crippen LogP contribution is 2.21. The summed E-state index contributed by atoms with van der Waals surface area (Å²) in [6.07, 6.45) is 1.41. The molecule has 1 amide bonds. The largest absolute Gasteiger partial charge is 0.268 e. The van der Waals surface area contributed by atoms with E-state index in [-0.39, 0.29) is 5.56 Å². The quantitative estimate of drug-likeness (QED) is 0.848. The van der Waals surface area contributed by atoms with E-state index >= 15 is 0 Å². The lowest BCUT2D eigenvalue weighted by Crippen LogP contribution is -2.29. The van der Waals surface area contributed by atoms with Crippen molar-refractivity contribution >= 4 is 49.5 Å². The average Bonchev–Trinajstić information content (AvgIpc) is 2.45. The van der Waals surface area contributed by atoms with E-state index in [9.17, 15) is 13.2 Å². The number of rotatable bonds is 4. The van der Waals surface area contributed by atoms with Crippen LogP contribution < -0.4 is 4.72 Å². The molecule has 0 aliphatic heterocycles. The number of nitrogens with one attached hydrogen (secondary N) is 1. The van der Waals surface area contributed by atoms with Crippen LogP contribution in [0.5, 0.6) is 0 Å². The molecule has 0 unspecified atom stereocenters. The maximum atomic E-state index is 12.0. The monoisotopic (exact) mass is 399 g/mol. The van der Waals surface area contributed by atoms with Gasteiger partial charge >= 0.3 is 0 Å². The van der Waals surface area contributed by atoms with Gasteiger partial charge in [0.2, 0.25) is 0 Å². The minimum absolute atomic E-state index is 0.182. The topological polar surface area (TPSA) is 63.2 Å². The molecule has 0 heterocycles. The molecular weight excluding hydrogens is 390 g/mol. The van der Waals surface area contributed by atoms with Crippen molar-refractivity contribution in [2.45, 2.75) is 0 Å². The molecule has 1 N–H and O–H groups in total. The molecule has 0 spiro atoms. The van der Waals surface area contributed by atoms with Crippen molar-refractivity contribution in [1.29, 1.82) is 0 Å². The fourth-order valence-electron chi connectivity index (χ4n) is 1.62. The second kappa shape index (κ2) is 7.09. The number of hydrogen-bond donors (Lipinski definition) is 1. The summed E-state index contributed by atoms with van der Waals surface area (Å²) in [5.41, 5.74) is 0.897. The third kappa shape index (κ3) is 4.69. The molecule has 0 aromatic heterocycles. The molecule has 4 nitrogen and oxygen atoms in total. The average molecular weight is 401 g/mol. The first-order chi connectivity index (χ1) is 10.4. The lowest BCUT2D eigenvalue weighted by molar-refractivity contribution is 0.0981. The molecule has 7 heteroatoms. The molecular formula is C15H11BrClNO3S. The second-order valence-corrected chi connectivity index (χ2v) is 7.17. The Bertz CT molecular complexity index is 820. The van der Waals surface area contributed by atoms with E-state index < -0.39 is 15.9 Å². The minimum atomic E-state index is -3.89. The van der Waals surface area contributed by atoms with Crippen LogP contribution in [0.2, 0.25) is 5.02 Å². The molecule has 0 bridgehead atoms. The van der Waals surface area contributed by atoms with Crippen LogP contribution in [-0.2, 0) is 10.0 Å². The predicted molar refractivity (Wildman–Crippen MR) is 91.0 cm³/mol. The molecule has 0 radical (unpaired) electrons. The summed E-state index contributed by atoms with van der Waals surface area (Å²) >= 11 is 8.95. The zero-order chi connectivity index (χ0) is 16.2. The van der Waals surface area contributed by atoms with Crippen molar-refractivity contribution in [3.63, 3.8) is 0 Å². The predicted octanol–water partition coefficient (Wildman–Crippen LogP) is 3.83. The fraction of sp³-hybridized carbons (Fsp3) is 0. The summed E-state index contributed by atoms with van der Waals surface area (Å²) in [4.78, 5) is 12.0. The van der Waals surface area contributed by atoms with Gasteiger partial charge in [0.1, 0.15) is 0 Å². The van der Waals surface area contributed by atoms with E-state index in [1.54, 1.807) is 24.3 Å². The molecule has 2 rings (SSSR count). The van der Waals surface area contributed by atoms with Crippen LogP contribution in [0.1, 0.15) is 15.9 Å². The number of hydrogen-bond acceptors (Lipinski definition) is 3. The molecule has 22 heavy (non-hydrogen) atoms. The van der Waals surface area contributed by atoms with Gasteiger partial charge in [-0.2, -0.15) is 0 Å². The van der Waals surface area contributed by atoms with Crippen molar-refractivity contribution in [2.24, 2.45) is 0 Å². The number of amides is 1. The third-order valence-electron chi connectivity index (χ3n) is 2.65. The van der Waals surface area contributed by atoms with Crippen molar-refractivity contribution in [3.8, 4) is 0 Å². The molecule has 0 aliphatic rings. The van der Waals surface area contributed by atoms with Crippen LogP contribution in [-0.4, -0.2) is 14.3 Å². The van der Waals surface area contributed by atoms with Crippen LogP contribution in [0.3, 0.4) is 0 Å². The summed E-state index contributed by atoms with van der Waals surface area (Å²) in [5.74, 6) is -0.735. The molecule has 0 saturated carbocycles. The van der Waals surface area contributed by atoms with E-state index in [1.165, 1.54) is 24.3 Å². The Kier molecular flexibility index (Phi) is 5.39. The smallest absolute Gasteiger partial charge is 0.266 e. The van der Waals surface area contributed by atoms with Gasteiger partial charge in [0, 0.05) is 9.50 Å². The maximum absolute atomic E-state index is 12.0. The molecule has 0 saturated heterocycles. The number of sulfonamides is 1. The number of carbonyl (C=O) groups excluding carboxylic acids is 1. The highest BCUT2D eigenvalue weighted by Gasteiger charge is 2.15. The van der Waals surface area contributed by atoms with E-state index in [1.807, 2.05) is 10.8 Å². The Balaban J connectivity index is 2.14. The lowest BCUT2D eigenvalue weighted by Gasteiger charge is -2.05. The highest BCUT2D eigenvalue weighted by molar-refractivity contribution is 9.10.